The highest BCUT2D eigenvalue weighted by Crippen LogP contribution is 2.41. The first-order valence-corrected chi connectivity index (χ1v) is 8.57. The maximum absolute atomic E-state index is 11.0. The second-order valence-corrected chi connectivity index (χ2v) is 7.95. The van der Waals surface area contributed by atoms with Crippen molar-refractivity contribution < 1.29 is 9.53 Å². The lowest BCUT2D eigenvalue weighted by Gasteiger charge is -2.35. The van der Waals surface area contributed by atoms with Crippen LogP contribution in [0.5, 0.6) is 0 Å². The van der Waals surface area contributed by atoms with E-state index >= 15 is 0 Å². The number of halogens is 3. The number of aryl methyl sites for hydroxylation is 2. The van der Waals surface area contributed by atoms with Crippen LogP contribution in [0.25, 0.3) is 0 Å². The Morgan fingerprint density at radius 1 is 1.25 bits per heavy atom. The Morgan fingerprint density at radius 2 is 1.75 bits per heavy atom. The third-order valence-electron chi connectivity index (χ3n) is 3.54. The van der Waals surface area contributed by atoms with Gasteiger partial charge >= 0.3 is 0 Å². The minimum absolute atomic E-state index is 0.340. The molecule has 5 heteroatoms. The molecule has 1 aromatic carbocycles. The van der Waals surface area contributed by atoms with Gasteiger partial charge in [0.25, 0.3) is 6.47 Å². The fourth-order valence-corrected chi connectivity index (χ4v) is 3.58. The molecule has 0 fully saturated rings. The maximum atomic E-state index is 11.0. The van der Waals surface area contributed by atoms with Crippen molar-refractivity contribution in [3.63, 3.8) is 0 Å². The highest BCUT2D eigenvalue weighted by Gasteiger charge is 2.40. The van der Waals surface area contributed by atoms with Gasteiger partial charge in [0, 0.05) is 10.8 Å². The minimum Gasteiger partial charge on any atom is -0.455 e. The van der Waals surface area contributed by atoms with Gasteiger partial charge in [-0.15, -0.1) is 23.2 Å². The highest BCUT2D eigenvalue weighted by molar-refractivity contribution is 14.1. The predicted molar refractivity (Wildman–Crippen MR) is 93.1 cm³/mol. The Hall–Kier alpha value is -0.0000000000000000555. The van der Waals surface area contributed by atoms with Gasteiger partial charge in [-0.05, 0) is 49.9 Å². The van der Waals surface area contributed by atoms with Gasteiger partial charge in [-0.2, -0.15) is 0 Å². The standard InChI is InChI=1S/C15H19Cl2IO2/c1-10-5-13(6-11(2)12(10)3)15(8-18,20-9-19)7-14(4,16)17/h5-6,9H,7-8H2,1-4H3. The number of hydrogen-bond acceptors (Lipinski definition) is 2. The number of carbonyl (C=O) groups is 1. The Balaban J connectivity index is 3.40. The van der Waals surface area contributed by atoms with Crippen molar-refractivity contribution in [1.29, 1.82) is 0 Å². The molecule has 0 aromatic heterocycles. The molecule has 1 atom stereocenters. The van der Waals surface area contributed by atoms with E-state index < -0.39 is 9.93 Å². The monoisotopic (exact) mass is 428 g/mol. The number of rotatable bonds is 6. The molecule has 2 nitrogen and oxygen atoms in total. The summed E-state index contributed by atoms with van der Waals surface area (Å²) in [5.41, 5.74) is 3.70. The zero-order valence-corrected chi connectivity index (χ0v) is 15.8. The fourth-order valence-electron chi connectivity index (χ4n) is 2.26. The van der Waals surface area contributed by atoms with Gasteiger partial charge in [0.05, 0.1) is 0 Å². The summed E-state index contributed by atoms with van der Waals surface area (Å²) in [5, 5.41) is 0. The van der Waals surface area contributed by atoms with Gasteiger partial charge < -0.3 is 4.74 Å². The lowest BCUT2D eigenvalue weighted by molar-refractivity contribution is -0.143. The molecule has 0 aliphatic heterocycles. The number of carbonyl (C=O) groups excluding carboxylic acids is 1. The third kappa shape index (κ3) is 4.25. The van der Waals surface area contributed by atoms with Crippen LogP contribution in [-0.2, 0) is 15.1 Å². The Bertz CT molecular complexity index is 474. The van der Waals surface area contributed by atoms with Crippen LogP contribution in [0.3, 0.4) is 0 Å². The molecule has 20 heavy (non-hydrogen) atoms. The zero-order valence-electron chi connectivity index (χ0n) is 12.1. The molecule has 1 unspecified atom stereocenters. The van der Waals surface area contributed by atoms with Crippen molar-refractivity contribution in [1.82, 2.24) is 0 Å². The van der Waals surface area contributed by atoms with Crippen LogP contribution < -0.4 is 0 Å². The van der Waals surface area contributed by atoms with Crippen LogP contribution in [0.4, 0.5) is 0 Å². The van der Waals surface area contributed by atoms with Crippen LogP contribution >= 0.6 is 45.8 Å². The zero-order chi connectivity index (χ0) is 15.6. The maximum Gasteiger partial charge on any atom is 0.294 e. The highest BCUT2D eigenvalue weighted by atomic mass is 127. The van der Waals surface area contributed by atoms with Crippen molar-refractivity contribution in [3.05, 3.63) is 34.4 Å². The van der Waals surface area contributed by atoms with E-state index in [1.807, 2.05) is 26.0 Å². The molecule has 0 saturated carbocycles. The van der Waals surface area contributed by atoms with Gasteiger partial charge in [-0.25, -0.2) is 0 Å². The molecule has 1 aromatic rings. The molecule has 0 N–H and O–H groups in total. The van der Waals surface area contributed by atoms with Crippen molar-refractivity contribution in [2.24, 2.45) is 0 Å². The second kappa shape index (κ2) is 6.84. The summed E-state index contributed by atoms with van der Waals surface area (Å²) in [4.78, 5) is 11.0. The topological polar surface area (TPSA) is 26.3 Å². The summed E-state index contributed by atoms with van der Waals surface area (Å²) in [7, 11) is 0. The van der Waals surface area contributed by atoms with E-state index in [1.54, 1.807) is 6.92 Å². The molecular weight excluding hydrogens is 410 g/mol. The molecule has 1 rings (SSSR count). The van der Waals surface area contributed by atoms with E-state index in [9.17, 15) is 4.79 Å². The second-order valence-electron chi connectivity index (χ2n) is 5.32. The van der Waals surface area contributed by atoms with E-state index in [2.05, 4.69) is 29.5 Å². The summed E-state index contributed by atoms with van der Waals surface area (Å²) in [6.45, 7) is 8.35. The summed E-state index contributed by atoms with van der Waals surface area (Å²) >= 11 is 14.5. The van der Waals surface area contributed by atoms with Crippen molar-refractivity contribution in [2.45, 2.75) is 44.1 Å². The third-order valence-corrected chi connectivity index (χ3v) is 5.04. The molecule has 0 heterocycles. The number of benzene rings is 1. The summed E-state index contributed by atoms with van der Waals surface area (Å²) in [5.74, 6) is 0. The number of alkyl halides is 3. The van der Waals surface area contributed by atoms with Crippen molar-refractivity contribution in [3.8, 4) is 0 Å². The van der Waals surface area contributed by atoms with E-state index in [-0.39, 0.29) is 0 Å². The molecule has 0 amide bonds. The molecule has 0 bridgehead atoms. The minimum atomic E-state index is -0.971. The van der Waals surface area contributed by atoms with E-state index in [1.165, 1.54) is 5.56 Å². The van der Waals surface area contributed by atoms with E-state index in [0.29, 0.717) is 17.3 Å². The Labute approximate surface area is 144 Å². The molecule has 0 radical (unpaired) electrons. The van der Waals surface area contributed by atoms with Gasteiger partial charge in [0.1, 0.15) is 9.93 Å². The van der Waals surface area contributed by atoms with Crippen molar-refractivity contribution in [2.75, 3.05) is 4.43 Å². The molecule has 112 valence electrons. The quantitative estimate of drug-likeness (QED) is 0.362. The van der Waals surface area contributed by atoms with Gasteiger partial charge in [-0.1, -0.05) is 34.7 Å². The average Bonchev–Trinajstić information content (AvgIpc) is 2.33. The first-order chi connectivity index (χ1) is 9.15. The summed E-state index contributed by atoms with van der Waals surface area (Å²) in [6, 6.07) is 4.09. The SMILES string of the molecule is Cc1cc(C(CI)(CC(C)(Cl)Cl)OC=O)cc(C)c1C. The van der Waals surface area contributed by atoms with Gasteiger partial charge in [0.2, 0.25) is 0 Å². The smallest absolute Gasteiger partial charge is 0.294 e. The van der Waals surface area contributed by atoms with E-state index in [0.717, 1.165) is 16.7 Å². The van der Waals surface area contributed by atoms with Gasteiger partial charge in [0.15, 0.2) is 0 Å². The van der Waals surface area contributed by atoms with Crippen molar-refractivity contribution >= 4 is 52.3 Å². The first-order valence-electron chi connectivity index (χ1n) is 6.29. The molecule has 0 saturated heterocycles. The normalized spacial score (nSPS) is 14.8. The fraction of sp³-hybridized carbons (Fsp3) is 0.533. The molecule has 0 spiro atoms. The van der Waals surface area contributed by atoms with E-state index in [4.69, 9.17) is 27.9 Å². The first kappa shape index (κ1) is 18.1. The number of hydrogen-bond donors (Lipinski definition) is 0. The largest absolute Gasteiger partial charge is 0.455 e. The Morgan fingerprint density at radius 3 is 2.10 bits per heavy atom. The van der Waals surface area contributed by atoms with Gasteiger partial charge in [-0.3, -0.25) is 4.79 Å². The average molecular weight is 429 g/mol. The predicted octanol–water partition coefficient (Wildman–Crippen LogP) is 5.00. The molecular formula is C15H19Cl2IO2. The van der Waals surface area contributed by atoms with Crippen LogP contribution in [0, 0.1) is 20.8 Å². The molecule has 0 aliphatic rings. The lowest BCUT2D eigenvalue weighted by Crippen LogP contribution is -2.36. The number of ether oxygens (including phenoxy) is 1. The van der Waals surface area contributed by atoms with Crippen LogP contribution in [-0.4, -0.2) is 15.2 Å². The summed E-state index contributed by atoms with van der Waals surface area (Å²) < 4.78 is 5.05. The summed E-state index contributed by atoms with van der Waals surface area (Å²) in [6.07, 6.45) is 0.340. The van der Waals surface area contributed by atoms with Crippen LogP contribution in [0.1, 0.15) is 35.6 Å². The Kier molecular flexibility index (Phi) is 6.17. The lowest BCUT2D eigenvalue weighted by atomic mass is 9.87. The van der Waals surface area contributed by atoms with Crippen LogP contribution in [0.2, 0.25) is 0 Å². The van der Waals surface area contributed by atoms with Crippen LogP contribution in [0.15, 0.2) is 12.1 Å². The molecule has 0 aliphatic carbocycles.